The molecule has 1 aliphatic rings. The smallest absolute Gasteiger partial charge is 0.315 e. The second-order valence-electron chi connectivity index (χ2n) is 3.60. The Kier molecular flexibility index (Phi) is 2.72. The van der Waals surface area contributed by atoms with Crippen LogP contribution >= 0.6 is 11.3 Å². The molecule has 2 N–H and O–H groups in total. The third-order valence-corrected chi connectivity index (χ3v) is 3.42. The normalized spacial score (nSPS) is 22.3. The number of amides is 2. The summed E-state index contributed by atoms with van der Waals surface area (Å²) in [6, 6.07) is 2.00. The number of thiophene rings is 1. The summed E-state index contributed by atoms with van der Waals surface area (Å²) < 4.78 is 0. The Morgan fingerprint density at radius 2 is 2.43 bits per heavy atom. The van der Waals surface area contributed by atoms with E-state index in [9.17, 15) is 4.79 Å². The summed E-state index contributed by atoms with van der Waals surface area (Å²) in [5.41, 5.74) is 6.58. The van der Waals surface area contributed by atoms with Crippen LogP contribution < -0.4 is 5.73 Å². The van der Waals surface area contributed by atoms with E-state index in [0.717, 1.165) is 19.4 Å². The summed E-state index contributed by atoms with van der Waals surface area (Å²) in [4.78, 5) is 13.0. The van der Waals surface area contributed by atoms with Crippen molar-refractivity contribution >= 4 is 17.4 Å². The van der Waals surface area contributed by atoms with Gasteiger partial charge in [-0.1, -0.05) is 0 Å². The van der Waals surface area contributed by atoms with Crippen LogP contribution in [-0.2, 0) is 0 Å². The molecular weight excluding hydrogens is 196 g/mol. The van der Waals surface area contributed by atoms with Crippen molar-refractivity contribution < 1.29 is 4.79 Å². The molecule has 14 heavy (non-hydrogen) atoms. The molecule has 1 aliphatic heterocycles. The molecule has 0 spiro atoms. The molecule has 0 aliphatic carbocycles. The molecule has 1 aromatic rings. The minimum atomic E-state index is -0.291. The Morgan fingerprint density at radius 1 is 1.57 bits per heavy atom. The molecule has 2 amide bonds. The van der Waals surface area contributed by atoms with E-state index in [2.05, 4.69) is 11.4 Å². The molecule has 2 heterocycles. The standard InChI is InChI=1S/C10H14N2OS/c11-10(13)12-5-2-1-3-9(12)8-4-6-14-7-8/h4,6-7,9H,1-3,5H2,(H2,11,13). The number of urea groups is 1. The highest BCUT2D eigenvalue weighted by molar-refractivity contribution is 7.07. The van der Waals surface area contributed by atoms with Gasteiger partial charge in [0.2, 0.25) is 0 Å². The minimum Gasteiger partial charge on any atom is -0.351 e. The first-order valence-corrected chi connectivity index (χ1v) is 5.81. The van der Waals surface area contributed by atoms with Crippen molar-refractivity contribution in [1.29, 1.82) is 0 Å². The predicted molar refractivity (Wildman–Crippen MR) is 57.2 cm³/mol. The number of rotatable bonds is 1. The van der Waals surface area contributed by atoms with Crippen LogP contribution in [-0.4, -0.2) is 17.5 Å². The number of carbonyl (C=O) groups excluding carboxylic acids is 1. The van der Waals surface area contributed by atoms with Crippen molar-refractivity contribution in [2.75, 3.05) is 6.54 Å². The molecule has 1 unspecified atom stereocenters. The van der Waals surface area contributed by atoms with Crippen LogP contribution in [0.15, 0.2) is 16.8 Å². The van der Waals surface area contributed by atoms with Crippen LogP contribution in [0.25, 0.3) is 0 Å². The summed E-state index contributed by atoms with van der Waals surface area (Å²) in [6.07, 6.45) is 3.30. The number of carbonyl (C=O) groups is 1. The minimum absolute atomic E-state index is 0.215. The van der Waals surface area contributed by atoms with Crippen molar-refractivity contribution in [3.05, 3.63) is 22.4 Å². The lowest BCUT2D eigenvalue weighted by atomic mass is 9.98. The van der Waals surface area contributed by atoms with Gasteiger partial charge in [-0.25, -0.2) is 4.79 Å². The zero-order valence-electron chi connectivity index (χ0n) is 7.98. The highest BCUT2D eigenvalue weighted by Gasteiger charge is 2.26. The average molecular weight is 210 g/mol. The van der Waals surface area contributed by atoms with E-state index in [1.54, 1.807) is 16.2 Å². The van der Waals surface area contributed by atoms with Crippen molar-refractivity contribution in [2.24, 2.45) is 5.73 Å². The van der Waals surface area contributed by atoms with E-state index in [1.165, 1.54) is 12.0 Å². The van der Waals surface area contributed by atoms with E-state index in [4.69, 9.17) is 5.73 Å². The number of hydrogen-bond acceptors (Lipinski definition) is 2. The van der Waals surface area contributed by atoms with Gasteiger partial charge in [0, 0.05) is 6.54 Å². The highest BCUT2D eigenvalue weighted by Crippen LogP contribution is 2.31. The van der Waals surface area contributed by atoms with Crippen LogP contribution in [0.3, 0.4) is 0 Å². The molecule has 0 saturated carbocycles. The van der Waals surface area contributed by atoms with Crippen LogP contribution in [0.1, 0.15) is 30.9 Å². The van der Waals surface area contributed by atoms with Gasteiger partial charge in [0.05, 0.1) is 6.04 Å². The van der Waals surface area contributed by atoms with Gasteiger partial charge >= 0.3 is 6.03 Å². The van der Waals surface area contributed by atoms with Gasteiger partial charge in [0.25, 0.3) is 0 Å². The Labute approximate surface area is 87.5 Å². The average Bonchev–Trinajstić information content (AvgIpc) is 2.70. The third-order valence-electron chi connectivity index (χ3n) is 2.71. The number of nitrogens with zero attached hydrogens (tertiary/aromatic N) is 1. The van der Waals surface area contributed by atoms with Crippen molar-refractivity contribution in [1.82, 2.24) is 4.90 Å². The first-order chi connectivity index (χ1) is 6.79. The van der Waals surface area contributed by atoms with E-state index in [0.29, 0.717) is 0 Å². The summed E-state index contributed by atoms with van der Waals surface area (Å²) >= 11 is 1.67. The van der Waals surface area contributed by atoms with E-state index in [1.807, 2.05) is 5.38 Å². The van der Waals surface area contributed by atoms with Crippen LogP contribution in [0, 0.1) is 0 Å². The first kappa shape index (κ1) is 9.52. The first-order valence-electron chi connectivity index (χ1n) is 4.87. The summed E-state index contributed by atoms with van der Waals surface area (Å²) in [5.74, 6) is 0. The van der Waals surface area contributed by atoms with Gasteiger partial charge < -0.3 is 10.6 Å². The largest absolute Gasteiger partial charge is 0.351 e. The van der Waals surface area contributed by atoms with Gasteiger partial charge in [-0.15, -0.1) is 0 Å². The molecule has 0 aromatic carbocycles. The lowest BCUT2D eigenvalue weighted by Crippen LogP contribution is -2.41. The second-order valence-corrected chi connectivity index (χ2v) is 4.38. The predicted octanol–water partition coefficient (Wildman–Crippen LogP) is 2.35. The topological polar surface area (TPSA) is 46.3 Å². The fourth-order valence-electron chi connectivity index (χ4n) is 2.01. The Balaban J connectivity index is 2.18. The van der Waals surface area contributed by atoms with Gasteiger partial charge in [-0.3, -0.25) is 0 Å². The van der Waals surface area contributed by atoms with Gasteiger partial charge in [-0.05, 0) is 41.7 Å². The maximum Gasteiger partial charge on any atom is 0.315 e. The summed E-state index contributed by atoms with van der Waals surface area (Å²) in [6.45, 7) is 0.801. The third kappa shape index (κ3) is 1.75. The molecule has 0 bridgehead atoms. The molecule has 1 saturated heterocycles. The van der Waals surface area contributed by atoms with E-state index < -0.39 is 0 Å². The van der Waals surface area contributed by atoms with Gasteiger partial charge in [0.1, 0.15) is 0 Å². The van der Waals surface area contributed by atoms with Crippen LogP contribution in [0.5, 0.6) is 0 Å². The van der Waals surface area contributed by atoms with Gasteiger partial charge in [0.15, 0.2) is 0 Å². The fraction of sp³-hybridized carbons (Fsp3) is 0.500. The van der Waals surface area contributed by atoms with E-state index in [-0.39, 0.29) is 12.1 Å². The summed E-state index contributed by atoms with van der Waals surface area (Å²) in [7, 11) is 0. The number of hydrogen-bond donors (Lipinski definition) is 1. The molecule has 2 rings (SSSR count). The molecule has 76 valence electrons. The fourth-order valence-corrected chi connectivity index (χ4v) is 2.71. The van der Waals surface area contributed by atoms with Crippen molar-refractivity contribution in [2.45, 2.75) is 25.3 Å². The molecule has 1 aromatic heterocycles. The SMILES string of the molecule is NC(=O)N1CCCCC1c1ccsc1. The Hall–Kier alpha value is -1.03. The quantitative estimate of drug-likeness (QED) is 0.760. The lowest BCUT2D eigenvalue weighted by molar-refractivity contribution is 0.160. The molecule has 0 radical (unpaired) electrons. The van der Waals surface area contributed by atoms with Crippen molar-refractivity contribution in [3.8, 4) is 0 Å². The van der Waals surface area contributed by atoms with Crippen LogP contribution in [0.4, 0.5) is 4.79 Å². The Morgan fingerprint density at radius 3 is 3.07 bits per heavy atom. The number of nitrogens with two attached hydrogens (primary N) is 1. The maximum atomic E-state index is 11.2. The van der Waals surface area contributed by atoms with Crippen molar-refractivity contribution in [3.63, 3.8) is 0 Å². The molecule has 3 nitrogen and oxygen atoms in total. The monoisotopic (exact) mass is 210 g/mol. The lowest BCUT2D eigenvalue weighted by Gasteiger charge is -2.34. The molecular formula is C10H14N2OS. The number of primary amides is 1. The highest BCUT2D eigenvalue weighted by atomic mass is 32.1. The van der Waals surface area contributed by atoms with E-state index >= 15 is 0 Å². The molecule has 4 heteroatoms. The summed E-state index contributed by atoms with van der Waals surface area (Å²) in [5, 5.41) is 4.15. The second kappa shape index (κ2) is 4.00. The molecule has 1 fully saturated rings. The molecule has 1 atom stereocenters. The zero-order valence-corrected chi connectivity index (χ0v) is 8.80. The number of piperidine rings is 1. The number of likely N-dealkylation sites (tertiary alicyclic amines) is 1. The zero-order chi connectivity index (χ0) is 9.97. The Bertz CT molecular complexity index is 310. The maximum absolute atomic E-state index is 11.2. The van der Waals surface area contributed by atoms with Gasteiger partial charge in [-0.2, -0.15) is 11.3 Å². The van der Waals surface area contributed by atoms with Crippen LogP contribution in [0.2, 0.25) is 0 Å².